The first-order valence-corrected chi connectivity index (χ1v) is 17.2. The molecule has 4 aromatic carbocycles. The number of nitrogens with zero attached hydrogens (tertiary/aromatic N) is 5. The van der Waals surface area contributed by atoms with Gasteiger partial charge in [0.25, 0.3) is 11.6 Å². The second-order valence-corrected chi connectivity index (χ2v) is 13.1. The van der Waals surface area contributed by atoms with Gasteiger partial charge < -0.3 is 24.8 Å². The number of piperazine rings is 1. The minimum atomic E-state index is -0.605. The van der Waals surface area contributed by atoms with Gasteiger partial charge in [0.05, 0.1) is 41.0 Å². The molecule has 12 heteroatoms. The van der Waals surface area contributed by atoms with Gasteiger partial charge in [0.2, 0.25) is 0 Å². The minimum absolute atomic E-state index is 0.0238. The summed E-state index contributed by atoms with van der Waals surface area (Å²) >= 11 is 0. The van der Waals surface area contributed by atoms with Crippen LogP contribution in [0.4, 0.5) is 11.4 Å². The van der Waals surface area contributed by atoms with E-state index in [4.69, 9.17) is 9.47 Å². The molecule has 0 spiro atoms. The van der Waals surface area contributed by atoms with Crippen molar-refractivity contribution in [3.8, 4) is 0 Å². The van der Waals surface area contributed by atoms with Crippen LogP contribution in [-0.4, -0.2) is 69.6 Å². The lowest BCUT2D eigenvalue weighted by Gasteiger charge is -2.44. The number of para-hydroxylation sites is 2. The largest absolute Gasteiger partial charge is 0.392 e. The molecule has 1 amide bonds. The Kier molecular flexibility index (Phi) is 10.3. The van der Waals surface area contributed by atoms with Crippen LogP contribution in [0.1, 0.15) is 52.1 Å². The van der Waals surface area contributed by atoms with E-state index in [0.717, 1.165) is 66.2 Å². The van der Waals surface area contributed by atoms with E-state index in [1.807, 2.05) is 84.9 Å². The third-order valence-electron chi connectivity index (χ3n) is 9.75. The quantitative estimate of drug-likeness (QED) is 0.141. The highest BCUT2D eigenvalue weighted by atomic mass is 16.7. The fraction of sp³-hybridized carbons (Fsp3) is 0.308. The molecule has 1 aromatic heterocycles. The van der Waals surface area contributed by atoms with Gasteiger partial charge in [-0.2, -0.15) is 0 Å². The zero-order valence-corrected chi connectivity index (χ0v) is 28.3. The average molecular weight is 689 g/mol. The molecular formula is C39H40N6O6. The molecule has 0 radical (unpaired) electrons. The van der Waals surface area contributed by atoms with Gasteiger partial charge in [0.15, 0.2) is 6.29 Å². The van der Waals surface area contributed by atoms with Crippen LogP contribution in [0.2, 0.25) is 0 Å². The number of nitrogens with one attached hydrogen (secondary N) is 1. The van der Waals surface area contributed by atoms with Crippen LogP contribution >= 0.6 is 0 Å². The summed E-state index contributed by atoms with van der Waals surface area (Å²) in [5.74, 6) is -0.252. The number of carbonyl (C=O) groups is 1. The summed E-state index contributed by atoms with van der Waals surface area (Å²) in [5.41, 5.74) is 6.40. The SMILES string of the molecule is C[C@@H]1[C@H](CN2CCN(c3ccc([N+](=O)[O-])cc3)CC2)O[C@H](c2ccc(CNC(=O)c3cnc4ccccc4n3)cc2)O[C@@H]1c1ccc(CO)cc1. The Labute approximate surface area is 295 Å². The van der Waals surface area contributed by atoms with Crippen LogP contribution in [0, 0.1) is 16.0 Å². The van der Waals surface area contributed by atoms with Crippen molar-refractivity contribution in [1.29, 1.82) is 0 Å². The van der Waals surface area contributed by atoms with E-state index in [2.05, 4.69) is 32.0 Å². The molecule has 51 heavy (non-hydrogen) atoms. The van der Waals surface area contributed by atoms with Gasteiger partial charge in [-0.15, -0.1) is 0 Å². The highest BCUT2D eigenvalue weighted by molar-refractivity contribution is 5.93. The molecule has 0 saturated carbocycles. The van der Waals surface area contributed by atoms with Crippen LogP contribution < -0.4 is 10.2 Å². The maximum Gasteiger partial charge on any atom is 0.271 e. The maximum atomic E-state index is 12.8. The Morgan fingerprint density at radius 3 is 2.24 bits per heavy atom. The molecule has 2 N–H and O–H groups in total. The van der Waals surface area contributed by atoms with Crippen molar-refractivity contribution in [3.05, 3.63) is 141 Å². The second kappa shape index (κ2) is 15.3. The zero-order chi connectivity index (χ0) is 35.3. The van der Waals surface area contributed by atoms with Crippen LogP contribution in [0.5, 0.6) is 0 Å². The molecule has 0 bridgehead atoms. The van der Waals surface area contributed by atoms with Gasteiger partial charge in [-0.05, 0) is 41.0 Å². The van der Waals surface area contributed by atoms with Crippen LogP contribution in [0.15, 0.2) is 103 Å². The fourth-order valence-corrected chi connectivity index (χ4v) is 6.69. The van der Waals surface area contributed by atoms with Crippen molar-refractivity contribution in [2.45, 2.75) is 38.6 Å². The molecule has 5 aromatic rings. The molecule has 12 nitrogen and oxygen atoms in total. The number of benzene rings is 4. The Bertz CT molecular complexity index is 1970. The number of hydrogen-bond acceptors (Lipinski definition) is 10. The second-order valence-electron chi connectivity index (χ2n) is 13.1. The predicted molar refractivity (Wildman–Crippen MR) is 192 cm³/mol. The van der Waals surface area contributed by atoms with Gasteiger partial charge in [-0.25, -0.2) is 4.98 Å². The molecule has 262 valence electrons. The molecule has 4 atom stereocenters. The highest BCUT2D eigenvalue weighted by Gasteiger charge is 2.39. The van der Waals surface area contributed by atoms with Crippen molar-refractivity contribution in [3.63, 3.8) is 0 Å². The lowest BCUT2D eigenvalue weighted by molar-refractivity contribution is -0.384. The first-order chi connectivity index (χ1) is 24.8. The number of rotatable bonds is 10. The van der Waals surface area contributed by atoms with E-state index in [0.29, 0.717) is 12.1 Å². The summed E-state index contributed by atoms with van der Waals surface area (Å²) in [5, 5.41) is 23.6. The van der Waals surface area contributed by atoms with Gasteiger partial charge in [0.1, 0.15) is 5.69 Å². The van der Waals surface area contributed by atoms with Crippen molar-refractivity contribution >= 4 is 28.3 Å². The topological polar surface area (TPSA) is 143 Å². The Morgan fingerprint density at radius 2 is 1.55 bits per heavy atom. The van der Waals surface area contributed by atoms with Crippen molar-refractivity contribution < 1.29 is 24.3 Å². The van der Waals surface area contributed by atoms with Crippen molar-refractivity contribution in [1.82, 2.24) is 20.2 Å². The summed E-state index contributed by atoms with van der Waals surface area (Å²) in [6.07, 6.45) is 0.526. The van der Waals surface area contributed by atoms with E-state index in [1.165, 1.54) is 6.20 Å². The lowest BCUT2D eigenvalue weighted by Crippen LogP contribution is -2.51. The number of anilines is 1. The summed E-state index contributed by atoms with van der Waals surface area (Å²) in [6.45, 7) is 6.45. The number of aromatic nitrogens is 2. The molecule has 3 heterocycles. The molecule has 0 unspecified atom stereocenters. The van der Waals surface area contributed by atoms with Gasteiger partial charge in [0, 0.05) is 68.6 Å². The van der Waals surface area contributed by atoms with E-state index >= 15 is 0 Å². The van der Waals surface area contributed by atoms with Crippen molar-refractivity contribution in [2.75, 3.05) is 37.6 Å². The van der Waals surface area contributed by atoms with E-state index in [1.54, 1.807) is 12.1 Å². The smallest absolute Gasteiger partial charge is 0.271 e. The number of amides is 1. The van der Waals surface area contributed by atoms with Gasteiger partial charge >= 0.3 is 0 Å². The Morgan fingerprint density at radius 1 is 0.882 bits per heavy atom. The lowest BCUT2D eigenvalue weighted by atomic mass is 9.90. The molecule has 0 aliphatic carbocycles. The molecule has 2 aliphatic heterocycles. The number of hydrogen-bond donors (Lipinski definition) is 2. The normalized spacial score (nSPS) is 21.0. The predicted octanol–water partition coefficient (Wildman–Crippen LogP) is 5.57. The van der Waals surface area contributed by atoms with Crippen LogP contribution in [0.3, 0.4) is 0 Å². The standard InChI is InChI=1S/C39H40N6O6/c1-26-36(24-43-18-20-44(21-19-43)31-14-16-32(17-15-31)45(48)49)50-39(51-37(26)29-10-8-28(25-46)9-11-29)30-12-6-27(7-13-30)22-41-38(47)35-23-40-33-4-2-3-5-34(33)42-35/h2-17,23,26,36-37,39,46H,18-22,24-25H2,1H3,(H,41,47)/t26-,36+,37+,39+/m1/s1. The number of ether oxygens (including phenoxy) is 2. The van der Waals surface area contributed by atoms with Crippen LogP contribution in [0.25, 0.3) is 11.0 Å². The number of nitro groups is 1. The van der Waals surface area contributed by atoms with E-state index in [-0.39, 0.29) is 46.9 Å². The number of nitro benzene ring substituents is 1. The summed E-state index contributed by atoms with van der Waals surface area (Å²) < 4.78 is 13.3. The van der Waals surface area contributed by atoms with Crippen LogP contribution in [-0.2, 0) is 22.6 Å². The number of non-ortho nitro benzene ring substituents is 1. The molecule has 7 rings (SSSR count). The van der Waals surface area contributed by atoms with Gasteiger partial charge in [-0.3, -0.25) is 24.8 Å². The summed E-state index contributed by atoms with van der Waals surface area (Å²) in [4.78, 5) is 37.0. The monoisotopic (exact) mass is 688 g/mol. The third-order valence-corrected chi connectivity index (χ3v) is 9.75. The summed E-state index contributed by atoms with van der Waals surface area (Å²) in [7, 11) is 0. The first-order valence-electron chi connectivity index (χ1n) is 17.2. The zero-order valence-electron chi connectivity index (χ0n) is 28.3. The molecule has 2 saturated heterocycles. The molecule has 2 aliphatic rings. The van der Waals surface area contributed by atoms with E-state index < -0.39 is 6.29 Å². The van der Waals surface area contributed by atoms with E-state index in [9.17, 15) is 20.0 Å². The fourth-order valence-electron chi connectivity index (χ4n) is 6.69. The first kappa shape index (κ1) is 34.2. The summed E-state index contributed by atoms with van der Waals surface area (Å²) in [6, 6.07) is 29.9. The molecular weight excluding hydrogens is 648 g/mol. The third kappa shape index (κ3) is 7.89. The average Bonchev–Trinajstić information content (AvgIpc) is 3.18. The van der Waals surface area contributed by atoms with Gasteiger partial charge in [-0.1, -0.05) is 67.6 Å². The number of aliphatic hydroxyl groups excluding tert-OH is 1. The number of aliphatic hydroxyl groups is 1. The maximum absolute atomic E-state index is 12.8. The minimum Gasteiger partial charge on any atom is -0.392 e. The Balaban J connectivity index is 1.02. The number of carbonyl (C=O) groups excluding carboxylic acids is 1. The number of fused-ring (bicyclic) bond motifs is 1. The Hall–Kier alpha value is -5.27. The van der Waals surface area contributed by atoms with Crippen molar-refractivity contribution in [2.24, 2.45) is 5.92 Å². The molecule has 2 fully saturated rings. The highest BCUT2D eigenvalue weighted by Crippen LogP contribution is 2.42.